The van der Waals surface area contributed by atoms with E-state index in [2.05, 4.69) is 17.2 Å². The number of nitrogens with two attached hydrogens (primary N) is 1. The highest BCUT2D eigenvalue weighted by atomic mass is 19.1. The summed E-state index contributed by atoms with van der Waals surface area (Å²) in [6, 6.07) is 4.56. The van der Waals surface area contributed by atoms with Crippen molar-refractivity contribution in [1.29, 1.82) is 0 Å². The smallest absolute Gasteiger partial charge is 0.254 e. The molecule has 0 unspecified atom stereocenters. The second-order valence-corrected chi connectivity index (χ2v) is 4.66. The Morgan fingerprint density at radius 1 is 1.42 bits per heavy atom. The number of benzene rings is 1. The Bertz CT molecular complexity index is 525. The summed E-state index contributed by atoms with van der Waals surface area (Å²) < 4.78 is 13.8. The second-order valence-electron chi connectivity index (χ2n) is 4.66. The number of carbonyl (C=O) groups excluding carboxylic acids is 1. The zero-order valence-corrected chi connectivity index (χ0v) is 10.7. The molecule has 0 bridgehead atoms. The van der Waals surface area contributed by atoms with Crippen LogP contribution in [0.1, 0.15) is 41.6 Å². The number of amides is 1. The van der Waals surface area contributed by atoms with Gasteiger partial charge in [-0.3, -0.25) is 4.79 Å². The maximum Gasteiger partial charge on any atom is 0.254 e. The van der Waals surface area contributed by atoms with Gasteiger partial charge in [0.2, 0.25) is 0 Å². The van der Waals surface area contributed by atoms with Gasteiger partial charge in [0.1, 0.15) is 5.82 Å². The predicted molar refractivity (Wildman–Crippen MR) is 72.1 cm³/mol. The quantitative estimate of drug-likeness (QED) is 0.797. The lowest BCUT2D eigenvalue weighted by Gasteiger charge is -2.12. The lowest BCUT2D eigenvalue weighted by Crippen LogP contribution is -2.33. The largest absolute Gasteiger partial charge is 0.349 e. The van der Waals surface area contributed by atoms with Gasteiger partial charge in [0.05, 0.1) is 12.1 Å². The first kappa shape index (κ1) is 13.6. The fourth-order valence-electron chi connectivity index (χ4n) is 2.26. The van der Waals surface area contributed by atoms with E-state index in [0.29, 0.717) is 5.56 Å². The third-order valence-electron chi connectivity index (χ3n) is 3.24. The Kier molecular flexibility index (Phi) is 4.53. The maximum atomic E-state index is 13.8. The van der Waals surface area contributed by atoms with Crippen LogP contribution in [-0.2, 0) is 0 Å². The van der Waals surface area contributed by atoms with Gasteiger partial charge in [-0.25, -0.2) is 4.39 Å². The zero-order chi connectivity index (χ0) is 13.7. The van der Waals surface area contributed by atoms with Crippen LogP contribution in [-0.4, -0.2) is 18.5 Å². The van der Waals surface area contributed by atoms with Crippen LogP contribution >= 0.6 is 0 Å². The average Bonchev–Trinajstić information content (AvgIpc) is 2.89. The number of hydrogen-bond acceptors (Lipinski definition) is 2. The highest BCUT2D eigenvalue weighted by Gasteiger charge is 2.19. The molecule has 0 heterocycles. The fraction of sp³-hybridized carbons (Fsp3) is 0.400. The summed E-state index contributed by atoms with van der Waals surface area (Å²) in [7, 11) is 0. The summed E-state index contributed by atoms with van der Waals surface area (Å²) in [5.74, 6) is 4.50. The van der Waals surface area contributed by atoms with Crippen molar-refractivity contribution in [2.45, 2.75) is 31.7 Å². The van der Waals surface area contributed by atoms with E-state index in [1.807, 2.05) is 0 Å². The topological polar surface area (TPSA) is 55.1 Å². The molecule has 1 fully saturated rings. The Morgan fingerprint density at radius 2 is 2.16 bits per heavy atom. The van der Waals surface area contributed by atoms with E-state index in [-0.39, 0.29) is 24.1 Å². The molecule has 0 atom stereocenters. The molecular formula is C15H17FN2O. The molecule has 1 amide bonds. The lowest BCUT2D eigenvalue weighted by molar-refractivity contribution is 0.0934. The van der Waals surface area contributed by atoms with Gasteiger partial charge in [0, 0.05) is 11.6 Å². The van der Waals surface area contributed by atoms with Gasteiger partial charge in [-0.2, -0.15) is 0 Å². The molecule has 0 saturated heterocycles. The van der Waals surface area contributed by atoms with E-state index in [1.54, 1.807) is 6.07 Å². The summed E-state index contributed by atoms with van der Waals surface area (Å²) in [5.41, 5.74) is 5.85. The van der Waals surface area contributed by atoms with Crippen molar-refractivity contribution in [3.8, 4) is 11.8 Å². The van der Waals surface area contributed by atoms with Crippen molar-refractivity contribution in [3.05, 3.63) is 35.1 Å². The van der Waals surface area contributed by atoms with Gasteiger partial charge < -0.3 is 11.1 Å². The van der Waals surface area contributed by atoms with Crippen molar-refractivity contribution in [2.24, 2.45) is 5.73 Å². The van der Waals surface area contributed by atoms with E-state index in [0.717, 1.165) is 25.7 Å². The Labute approximate surface area is 112 Å². The lowest BCUT2D eigenvalue weighted by atomic mass is 10.1. The van der Waals surface area contributed by atoms with Gasteiger partial charge in [-0.15, -0.1) is 0 Å². The van der Waals surface area contributed by atoms with Crippen molar-refractivity contribution < 1.29 is 9.18 Å². The first-order valence-electron chi connectivity index (χ1n) is 6.50. The minimum Gasteiger partial charge on any atom is -0.349 e. The van der Waals surface area contributed by atoms with Gasteiger partial charge in [0.15, 0.2) is 0 Å². The minimum absolute atomic E-state index is 0.0743. The van der Waals surface area contributed by atoms with E-state index < -0.39 is 5.82 Å². The van der Waals surface area contributed by atoms with Crippen LogP contribution in [0.15, 0.2) is 18.2 Å². The third-order valence-corrected chi connectivity index (χ3v) is 3.24. The molecule has 0 aliphatic heterocycles. The highest BCUT2D eigenvalue weighted by Crippen LogP contribution is 2.18. The van der Waals surface area contributed by atoms with Gasteiger partial charge in [-0.05, 0) is 31.0 Å². The molecule has 1 aromatic rings. The molecule has 19 heavy (non-hydrogen) atoms. The van der Waals surface area contributed by atoms with Crippen LogP contribution in [0.4, 0.5) is 4.39 Å². The monoisotopic (exact) mass is 260 g/mol. The highest BCUT2D eigenvalue weighted by molar-refractivity contribution is 5.94. The van der Waals surface area contributed by atoms with E-state index in [9.17, 15) is 9.18 Å². The van der Waals surface area contributed by atoms with Gasteiger partial charge in [0.25, 0.3) is 5.91 Å². The number of nitrogens with one attached hydrogen (secondary N) is 1. The van der Waals surface area contributed by atoms with Crippen molar-refractivity contribution in [2.75, 3.05) is 6.54 Å². The summed E-state index contributed by atoms with van der Waals surface area (Å²) in [6.45, 7) is 0.228. The average molecular weight is 260 g/mol. The molecular weight excluding hydrogens is 243 g/mol. The van der Waals surface area contributed by atoms with Crippen LogP contribution in [0.25, 0.3) is 0 Å². The molecule has 1 aliphatic rings. The maximum absolute atomic E-state index is 13.8. The van der Waals surface area contributed by atoms with Crippen LogP contribution in [0.3, 0.4) is 0 Å². The summed E-state index contributed by atoms with van der Waals surface area (Å²) in [5, 5.41) is 2.86. The van der Waals surface area contributed by atoms with Gasteiger partial charge >= 0.3 is 0 Å². The molecule has 0 spiro atoms. The first-order valence-corrected chi connectivity index (χ1v) is 6.50. The third kappa shape index (κ3) is 3.55. The van der Waals surface area contributed by atoms with Crippen LogP contribution in [0.5, 0.6) is 0 Å². The Balaban J connectivity index is 2.09. The zero-order valence-electron chi connectivity index (χ0n) is 10.7. The Hall–Kier alpha value is -1.86. The SMILES string of the molecule is NCC#Cc1ccc(C(=O)NC2CCCC2)c(F)c1. The molecule has 2 rings (SSSR count). The minimum atomic E-state index is -0.542. The summed E-state index contributed by atoms with van der Waals surface area (Å²) >= 11 is 0. The molecule has 3 nitrogen and oxygen atoms in total. The molecule has 1 aliphatic carbocycles. The fourth-order valence-corrected chi connectivity index (χ4v) is 2.26. The molecule has 0 radical (unpaired) electrons. The molecule has 3 N–H and O–H groups in total. The molecule has 100 valence electrons. The molecule has 1 aromatic carbocycles. The predicted octanol–water partition coefficient (Wildman–Crippen LogP) is 1.81. The summed E-state index contributed by atoms with van der Waals surface area (Å²) in [6.07, 6.45) is 4.21. The van der Waals surface area contributed by atoms with Crippen LogP contribution in [0, 0.1) is 17.7 Å². The standard InChI is InChI=1S/C15H17FN2O/c16-14-10-11(4-3-9-17)7-8-13(14)15(19)18-12-5-1-2-6-12/h7-8,10,12H,1-2,5-6,9,17H2,(H,18,19). The van der Waals surface area contributed by atoms with Crippen LogP contribution < -0.4 is 11.1 Å². The number of carbonyl (C=O) groups is 1. The second kappa shape index (κ2) is 6.35. The summed E-state index contributed by atoms with van der Waals surface area (Å²) in [4.78, 5) is 11.9. The van der Waals surface area contributed by atoms with E-state index >= 15 is 0 Å². The van der Waals surface area contributed by atoms with E-state index in [4.69, 9.17) is 5.73 Å². The number of rotatable bonds is 2. The van der Waals surface area contributed by atoms with Crippen molar-refractivity contribution in [1.82, 2.24) is 5.32 Å². The number of hydrogen-bond donors (Lipinski definition) is 2. The normalized spacial score (nSPS) is 14.8. The molecule has 1 saturated carbocycles. The number of halogens is 1. The van der Waals surface area contributed by atoms with E-state index in [1.165, 1.54) is 12.1 Å². The molecule has 0 aromatic heterocycles. The van der Waals surface area contributed by atoms with Gasteiger partial charge in [-0.1, -0.05) is 24.7 Å². The van der Waals surface area contributed by atoms with Crippen molar-refractivity contribution in [3.63, 3.8) is 0 Å². The molecule has 4 heteroatoms. The van der Waals surface area contributed by atoms with Crippen molar-refractivity contribution >= 4 is 5.91 Å². The first-order chi connectivity index (χ1) is 9.20. The Morgan fingerprint density at radius 3 is 2.79 bits per heavy atom. The van der Waals surface area contributed by atoms with Crippen LogP contribution in [0.2, 0.25) is 0 Å².